The van der Waals surface area contributed by atoms with Crippen LogP contribution in [0.2, 0.25) is 5.02 Å². The number of rotatable bonds is 5. The SMILES string of the molecule is COC(=O)Cc1sc(-c2cnc(SC)nc2)nc1-c1ccc(Cl)cc1. The van der Waals surface area contributed by atoms with Crippen LogP contribution in [0.4, 0.5) is 0 Å². The fourth-order valence-corrected chi connectivity index (χ4v) is 3.65. The van der Waals surface area contributed by atoms with Crippen molar-refractivity contribution in [1.29, 1.82) is 0 Å². The third kappa shape index (κ3) is 4.18. The molecular weight excluding hydrogens is 378 g/mol. The van der Waals surface area contributed by atoms with E-state index >= 15 is 0 Å². The minimum Gasteiger partial charge on any atom is -0.469 e. The smallest absolute Gasteiger partial charge is 0.310 e. The number of nitrogens with zero attached hydrogens (tertiary/aromatic N) is 3. The third-order valence-corrected chi connectivity index (χ3v) is 5.34. The number of esters is 1. The summed E-state index contributed by atoms with van der Waals surface area (Å²) in [6.45, 7) is 0. The van der Waals surface area contributed by atoms with Crippen LogP contribution >= 0.6 is 34.7 Å². The van der Waals surface area contributed by atoms with Crippen LogP contribution in [0.3, 0.4) is 0 Å². The molecule has 0 fully saturated rings. The molecule has 2 heterocycles. The van der Waals surface area contributed by atoms with Crippen LogP contribution in [0, 0.1) is 0 Å². The predicted molar refractivity (Wildman–Crippen MR) is 101 cm³/mol. The van der Waals surface area contributed by atoms with Gasteiger partial charge in [0, 0.05) is 33.4 Å². The zero-order chi connectivity index (χ0) is 17.8. The number of carbonyl (C=O) groups excluding carboxylic acids is 1. The summed E-state index contributed by atoms with van der Waals surface area (Å²) in [4.78, 5) is 25.9. The Labute approximate surface area is 158 Å². The molecule has 25 heavy (non-hydrogen) atoms. The Balaban J connectivity index is 2.03. The van der Waals surface area contributed by atoms with Gasteiger partial charge in [0.25, 0.3) is 0 Å². The second-order valence-corrected chi connectivity index (χ2v) is 7.30. The zero-order valence-corrected chi connectivity index (χ0v) is 15.9. The van der Waals surface area contributed by atoms with Gasteiger partial charge in [0.2, 0.25) is 0 Å². The van der Waals surface area contributed by atoms with Crippen LogP contribution < -0.4 is 0 Å². The molecule has 0 aliphatic heterocycles. The minimum atomic E-state index is -0.306. The highest BCUT2D eigenvalue weighted by Crippen LogP contribution is 2.34. The van der Waals surface area contributed by atoms with E-state index in [1.165, 1.54) is 30.2 Å². The van der Waals surface area contributed by atoms with E-state index < -0.39 is 0 Å². The van der Waals surface area contributed by atoms with Crippen molar-refractivity contribution in [2.75, 3.05) is 13.4 Å². The maximum Gasteiger partial charge on any atom is 0.310 e. The maximum atomic E-state index is 11.8. The van der Waals surface area contributed by atoms with Gasteiger partial charge < -0.3 is 4.74 Å². The van der Waals surface area contributed by atoms with Gasteiger partial charge in [0.1, 0.15) is 5.01 Å². The van der Waals surface area contributed by atoms with Crippen molar-refractivity contribution in [3.05, 3.63) is 46.6 Å². The molecule has 0 saturated carbocycles. The Bertz CT molecular complexity index is 880. The van der Waals surface area contributed by atoms with Gasteiger partial charge in [0.15, 0.2) is 5.16 Å². The molecular formula is C17H14ClN3O2S2. The number of hydrogen-bond donors (Lipinski definition) is 0. The normalized spacial score (nSPS) is 10.7. The maximum absolute atomic E-state index is 11.8. The van der Waals surface area contributed by atoms with Gasteiger partial charge in [-0.2, -0.15) is 0 Å². The van der Waals surface area contributed by atoms with Gasteiger partial charge >= 0.3 is 5.97 Å². The monoisotopic (exact) mass is 391 g/mol. The molecule has 0 bridgehead atoms. The topological polar surface area (TPSA) is 65.0 Å². The standard InChI is InChI=1S/C17H14ClN3O2S2/c1-23-14(22)7-13-15(10-3-5-12(18)6-4-10)21-16(25-13)11-8-19-17(24-2)20-9-11/h3-6,8-9H,7H2,1-2H3. The summed E-state index contributed by atoms with van der Waals surface area (Å²) in [5.74, 6) is -0.306. The fraction of sp³-hybridized carbons (Fsp3) is 0.176. The molecule has 8 heteroatoms. The molecule has 0 spiro atoms. The second-order valence-electron chi connectivity index (χ2n) is 5.01. The molecule has 2 aromatic heterocycles. The highest BCUT2D eigenvalue weighted by atomic mass is 35.5. The number of hydrogen-bond acceptors (Lipinski definition) is 7. The first-order chi connectivity index (χ1) is 12.1. The summed E-state index contributed by atoms with van der Waals surface area (Å²) in [6.07, 6.45) is 5.57. The highest BCUT2D eigenvalue weighted by molar-refractivity contribution is 7.98. The lowest BCUT2D eigenvalue weighted by atomic mass is 10.1. The summed E-state index contributed by atoms with van der Waals surface area (Å²) in [5.41, 5.74) is 2.46. The lowest BCUT2D eigenvalue weighted by molar-refractivity contribution is -0.139. The van der Waals surface area contributed by atoms with Crippen LogP contribution in [0.1, 0.15) is 4.88 Å². The van der Waals surface area contributed by atoms with Crippen molar-refractivity contribution in [1.82, 2.24) is 15.0 Å². The first kappa shape index (κ1) is 17.8. The number of carbonyl (C=O) groups is 1. The van der Waals surface area contributed by atoms with Crippen molar-refractivity contribution < 1.29 is 9.53 Å². The molecule has 128 valence electrons. The Morgan fingerprint density at radius 1 is 1.20 bits per heavy atom. The molecule has 0 radical (unpaired) electrons. The van der Waals surface area contributed by atoms with E-state index in [-0.39, 0.29) is 12.4 Å². The number of thiazole rings is 1. The molecule has 0 saturated heterocycles. The average Bonchev–Trinajstić information content (AvgIpc) is 3.06. The first-order valence-electron chi connectivity index (χ1n) is 7.29. The summed E-state index contributed by atoms with van der Waals surface area (Å²) in [7, 11) is 1.38. The Morgan fingerprint density at radius 3 is 2.48 bits per heavy atom. The van der Waals surface area contributed by atoms with Crippen LogP contribution in [-0.2, 0) is 16.0 Å². The summed E-state index contributed by atoms with van der Waals surface area (Å²) in [6, 6.07) is 7.37. The van der Waals surface area contributed by atoms with E-state index in [4.69, 9.17) is 21.3 Å². The number of thioether (sulfide) groups is 1. The molecule has 1 aromatic carbocycles. The number of methoxy groups -OCH3 is 1. The zero-order valence-electron chi connectivity index (χ0n) is 13.5. The van der Waals surface area contributed by atoms with Crippen molar-refractivity contribution in [2.45, 2.75) is 11.6 Å². The largest absolute Gasteiger partial charge is 0.469 e. The lowest BCUT2D eigenvalue weighted by Gasteiger charge is -2.02. The number of halogens is 1. The van der Waals surface area contributed by atoms with Crippen molar-refractivity contribution >= 4 is 40.7 Å². The van der Waals surface area contributed by atoms with Gasteiger partial charge in [0.05, 0.1) is 19.2 Å². The molecule has 0 N–H and O–H groups in total. The minimum absolute atomic E-state index is 0.163. The third-order valence-electron chi connectivity index (χ3n) is 3.41. The van der Waals surface area contributed by atoms with E-state index in [1.54, 1.807) is 24.5 Å². The van der Waals surface area contributed by atoms with Crippen LogP contribution in [0.5, 0.6) is 0 Å². The summed E-state index contributed by atoms with van der Waals surface area (Å²) < 4.78 is 4.80. The van der Waals surface area contributed by atoms with E-state index in [2.05, 4.69) is 9.97 Å². The predicted octanol–water partition coefficient (Wildman–Crippen LogP) is 4.36. The van der Waals surface area contributed by atoms with Gasteiger partial charge in [-0.05, 0) is 18.4 Å². The van der Waals surface area contributed by atoms with Gasteiger partial charge in [-0.3, -0.25) is 4.79 Å². The Kier molecular flexibility index (Phi) is 5.67. The van der Waals surface area contributed by atoms with Gasteiger partial charge in [-0.25, -0.2) is 15.0 Å². The van der Waals surface area contributed by atoms with E-state index in [0.717, 1.165) is 26.7 Å². The molecule has 0 aliphatic carbocycles. The quantitative estimate of drug-likeness (QED) is 0.366. The van der Waals surface area contributed by atoms with Crippen molar-refractivity contribution in [2.24, 2.45) is 0 Å². The number of benzene rings is 1. The first-order valence-corrected chi connectivity index (χ1v) is 9.71. The van der Waals surface area contributed by atoms with E-state index in [0.29, 0.717) is 10.2 Å². The van der Waals surface area contributed by atoms with Crippen LogP contribution in [0.15, 0.2) is 41.8 Å². The number of aromatic nitrogens is 3. The lowest BCUT2D eigenvalue weighted by Crippen LogP contribution is -2.03. The van der Waals surface area contributed by atoms with Crippen LogP contribution in [0.25, 0.3) is 21.8 Å². The molecule has 3 aromatic rings. The summed E-state index contributed by atoms with van der Waals surface area (Å²) >= 11 is 8.88. The Hall–Kier alpha value is -1.96. The number of ether oxygens (including phenoxy) is 1. The summed E-state index contributed by atoms with van der Waals surface area (Å²) in [5, 5.41) is 2.11. The molecule has 0 amide bonds. The molecule has 0 aliphatic rings. The Morgan fingerprint density at radius 2 is 1.88 bits per heavy atom. The molecule has 0 unspecified atom stereocenters. The molecule has 0 atom stereocenters. The second kappa shape index (κ2) is 7.95. The van der Waals surface area contributed by atoms with E-state index in [9.17, 15) is 4.79 Å². The van der Waals surface area contributed by atoms with E-state index in [1.807, 2.05) is 18.4 Å². The average molecular weight is 392 g/mol. The van der Waals surface area contributed by atoms with Crippen molar-refractivity contribution in [3.63, 3.8) is 0 Å². The fourth-order valence-electron chi connectivity index (χ4n) is 2.16. The van der Waals surface area contributed by atoms with Crippen molar-refractivity contribution in [3.8, 4) is 21.8 Å². The molecule has 5 nitrogen and oxygen atoms in total. The molecule has 3 rings (SSSR count). The van der Waals surface area contributed by atoms with Gasteiger partial charge in [-0.15, -0.1) is 11.3 Å². The van der Waals surface area contributed by atoms with Gasteiger partial charge in [-0.1, -0.05) is 35.5 Å². The van der Waals surface area contributed by atoms with Crippen LogP contribution in [-0.4, -0.2) is 34.3 Å². The highest BCUT2D eigenvalue weighted by Gasteiger charge is 2.18.